The highest BCUT2D eigenvalue weighted by atomic mass is 16.4. The summed E-state index contributed by atoms with van der Waals surface area (Å²) < 4.78 is 0. The van der Waals surface area contributed by atoms with E-state index in [1.54, 1.807) is 18.2 Å². The fourth-order valence-corrected chi connectivity index (χ4v) is 2.02. The lowest BCUT2D eigenvalue weighted by molar-refractivity contribution is -0.137. The van der Waals surface area contributed by atoms with Gasteiger partial charge in [0.2, 0.25) is 0 Å². The van der Waals surface area contributed by atoms with Gasteiger partial charge in [0.15, 0.2) is 0 Å². The van der Waals surface area contributed by atoms with E-state index in [2.05, 4.69) is 6.92 Å². The molecule has 0 aliphatic carbocycles. The molecule has 0 rings (SSSR count). The zero-order valence-electron chi connectivity index (χ0n) is 14.7. The monoisotopic (exact) mass is 336 g/mol. The molecule has 0 spiro atoms. The first-order valence-corrected chi connectivity index (χ1v) is 8.80. The van der Waals surface area contributed by atoms with Crippen LogP contribution in [0.25, 0.3) is 0 Å². The number of allylic oxidation sites excluding steroid dienone is 5. The standard InChI is InChI=1S/C20H32O4/c1-2-3-8-13-18(21)14-9-4-5-10-15-19(22)16-11-6-7-12-17-20(23)24/h4-6,9-11,14-15,18-19,21-22H,2-3,7-8,12-13,16-17H2,1H3,(H,23,24)/b5-4-,11-6-,14-9+,15-10+/t18-,19-/m0/s1. The Labute approximate surface area is 145 Å². The lowest BCUT2D eigenvalue weighted by atomic mass is 10.1. The van der Waals surface area contributed by atoms with Crippen molar-refractivity contribution in [3.63, 3.8) is 0 Å². The Balaban J connectivity index is 3.80. The number of aliphatic hydroxyl groups is 2. The van der Waals surface area contributed by atoms with Crippen molar-refractivity contribution >= 4 is 5.97 Å². The minimum Gasteiger partial charge on any atom is -0.481 e. The van der Waals surface area contributed by atoms with Gasteiger partial charge in [0.25, 0.3) is 0 Å². The van der Waals surface area contributed by atoms with Crippen molar-refractivity contribution in [3.8, 4) is 0 Å². The molecular formula is C20H32O4. The van der Waals surface area contributed by atoms with Crippen molar-refractivity contribution in [3.05, 3.63) is 48.6 Å². The quantitative estimate of drug-likeness (QED) is 0.253. The fourth-order valence-electron chi connectivity index (χ4n) is 2.02. The average molecular weight is 336 g/mol. The van der Waals surface area contributed by atoms with Gasteiger partial charge in [0.05, 0.1) is 12.2 Å². The molecule has 0 heterocycles. The second kappa shape index (κ2) is 16.2. The summed E-state index contributed by atoms with van der Waals surface area (Å²) in [5.41, 5.74) is 0. The van der Waals surface area contributed by atoms with E-state index in [0.29, 0.717) is 19.3 Å². The minimum atomic E-state index is -0.777. The second-order valence-electron chi connectivity index (χ2n) is 5.78. The van der Waals surface area contributed by atoms with Gasteiger partial charge in [0, 0.05) is 6.42 Å². The first-order chi connectivity index (χ1) is 11.6. The number of carboxylic acid groups (broad SMARTS) is 1. The number of unbranched alkanes of at least 4 members (excludes halogenated alkanes) is 3. The van der Waals surface area contributed by atoms with Crippen LogP contribution in [0, 0.1) is 0 Å². The summed E-state index contributed by atoms with van der Waals surface area (Å²) in [6.45, 7) is 2.14. The zero-order valence-corrected chi connectivity index (χ0v) is 14.7. The van der Waals surface area contributed by atoms with Crippen molar-refractivity contribution in [2.24, 2.45) is 0 Å². The molecule has 2 atom stereocenters. The SMILES string of the molecule is CCCCC[C@H](O)/C=C/C=C\C=C\[C@H](O)C/C=C\CCCC(=O)O. The van der Waals surface area contributed by atoms with Gasteiger partial charge in [-0.25, -0.2) is 0 Å². The van der Waals surface area contributed by atoms with Crippen LogP contribution in [0.15, 0.2) is 48.6 Å². The zero-order chi connectivity index (χ0) is 18.0. The Morgan fingerprint density at radius 3 is 2.21 bits per heavy atom. The van der Waals surface area contributed by atoms with E-state index in [4.69, 9.17) is 5.11 Å². The number of rotatable bonds is 14. The highest BCUT2D eigenvalue weighted by molar-refractivity contribution is 5.66. The predicted molar refractivity (Wildman–Crippen MR) is 98.8 cm³/mol. The molecule has 3 N–H and O–H groups in total. The number of carboxylic acids is 1. The summed E-state index contributed by atoms with van der Waals surface area (Å²) in [4.78, 5) is 10.3. The van der Waals surface area contributed by atoms with E-state index in [0.717, 1.165) is 25.7 Å². The molecule has 0 unspecified atom stereocenters. The molecule has 0 bridgehead atoms. The molecule has 0 radical (unpaired) electrons. The van der Waals surface area contributed by atoms with E-state index in [1.165, 1.54) is 0 Å². The molecular weight excluding hydrogens is 304 g/mol. The Bertz CT molecular complexity index is 421. The second-order valence-corrected chi connectivity index (χ2v) is 5.78. The lowest BCUT2D eigenvalue weighted by Gasteiger charge is -2.02. The van der Waals surface area contributed by atoms with Crippen LogP contribution >= 0.6 is 0 Å². The van der Waals surface area contributed by atoms with Crippen molar-refractivity contribution in [2.45, 2.75) is 70.5 Å². The summed E-state index contributed by atoms with van der Waals surface area (Å²) in [6, 6.07) is 0. The van der Waals surface area contributed by atoms with Crippen LogP contribution in [0.3, 0.4) is 0 Å². The Hall–Kier alpha value is -1.65. The van der Waals surface area contributed by atoms with Crippen LogP contribution in [0.5, 0.6) is 0 Å². The molecule has 136 valence electrons. The number of carbonyl (C=O) groups is 1. The first-order valence-electron chi connectivity index (χ1n) is 8.80. The van der Waals surface area contributed by atoms with E-state index in [1.807, 2.05) is 30.4 Å². The van der Waals surface area contributed by atoms with E-state index in [-0.39, 0.29) is 12.5 Å². The Morgan fingerprint density at radius 1 is 0.917 bits per heavy atom. The Morgan fingerprint density at radius 2 is 1.58 bits per heavy atom. The number of hydrogen-bond acceptors (Lipinski definition) is 3. The number of hydrogen-bond donors (Lipinski definition) is 3. The topological polar surface area (TPSA) is 77.8 Å². The first kappa shape index (κ1) is 22.4. The fraction of sp³-hybridized carbons (Fsp3) is 0.550. The molecule has 0 aromatic carbocycles. The smallest absolute Gasteiger partial charge is 0.303 e. The number of aliphatic carboxylic acids is 1. The highest BCUT2D eigenvalue weighted by Gasteiger charge is 1.97. The van der Waals surface area contributed by atoms with Crippen molar-refractivity contribution in [2.75, 3.05) is 0 Å². The average Bonchev–Trinajstić information content (AvgIpc) is 2.54. The van der Waals surface area contributed by atoms with Gasteiger partial charge >= 0.3 is 5.97 Å². The van der Waals surface area contributed by atoms with Gasteiger partial charge in [-0.1, -0.05) is 74.8 Å². The van der Waals surface area contributed by atoms with Gasteiger partial charge < -0.3 is 15.3 Å². The maximum atomic E-state index is 10.3. The molecule has 4 nitrogen and oxygen atoms in total. The van der Waals surface area contributed by atoms with Crippen LogP contribution in [0.4, 0.5) is 0 Å². The summed E-state index contributed by atoms with van der Waals surface area (Å²) in [6.07, 6.45) is 19.7. The van der Waals surface area contributed by atoms with Gasteiger partial charge in [-0.2, -0.15) is 0 Å². The minimum absolute atomic E-state index is 0.179. The summed E-state index contributed by atoms with van der Waals surface area (Å²) in [7, 11) is 0. The molecule has 0 aromatic rings. The molecule has 0 saturated heterocycles. The lowest BCUT2D eigenvalue weighted by Crippen LogP contribution is -2.00. The Kier molecular flexibility index (Phi) is 15.1. The molecule has 4 heteroatoms. The van der Waals surface area contributed by atoms with Gasteiger partial charge in [0.1, 0.15) is 0 Å². The molecule has 0 amide bonds. The van der Waals surface area contributed by atoms with Crippen molar-refractivity contribution in [1.29, 1.82) is 0 Å². The van der Waals surface area contributed by atoms with Gasteiger partial charge in [-0.05, 0) is 25.7 Å². The molecule has 0 aliphatic heterocycles. The highest BCUT2D eigenvalue weighted by Crippen LogP contribution is 2.04. The van der Waals surface area contributed by atoms with Crippen LogP contribution in [0.1, 0.15) is 58.3 Å². The third kappa shape index (κ3) is 16.7. The van der Waals surface area contributed by atoms with E-state index in [9.17, 15) is 15.0 Å². The molecule has 0 fully saturated rings. The third-order valence-corrected chi connectivity index (χ3v) is 3.41. The maximum absolute atomic E-state index is 10.3. The van der Waals surface area contributed by atoms with Gasteiger partial charge in [-0.3, -0.25) is 4.79 Å². The summed E-state index contributed by atoms with van der Waals surface area (Å²) >= 11 is 0. The predicted octanol–water partition coefficient (Wildman–Crippen LogP) is 4.16. The van der Waals surface area contributed by atoms with Crippen molar-refractivity contribution < 1.29 is 20.1 Å². The van der Waals surface area contributed by atoms with Gasteiger partial charge in [-0.15, -0.1) is 0 Å². The largest absolute Gasteiger partial charge is 0.481 e. The summed E-state index contributed by atoms with van der Waals surface area (Å²) in [5, 5.41) is 27.9. The normalized spacial score (nSPS) is 15.1. The van der Waals surface area contributed by atoms with Crippen molar-refractivity contribution in [1.82, 2.24) is 0 Å². The van der Waals surface area contributed by atoms with Crippen LogP contribution in [-0.4, -0.2) is 33.5 Å². The molecule has 0 saturated carbocycles. The molecule has 0 aromatic heterocycles. The van der Waals surface area contributed by atoms with Crippen LogP contribution < -0.4 is 0 Å². The molecule has 24 heavy (non-hydrogen) atoms. The maximum Gasteiger partial charge on any atom is 0.303 e. The number of aliphatic hydroxyl groups excluding tert-OH is 2. The van der Waals surface area contributed by atoms with E-state index >= 15 is 0 Å². The third-order valence-electron chi connectivity index (χ3n) is 3.41. The molecule has 0 aliphatic rings. The summed E-state index contributed by atoms with van der Waals surface area (Å²) in [5.74, 6) is -0.777. The van der Waals surface area contributed by atoms with Crippen LogP contribution in [-0.2, 0) is 4.79 Å². The van der Waals surface area contributed by atoms with E-state index < -0.39 is 12.1 Å². The van der Waals surface area contributed by atoms with Crippen LogP contribution in [0.2, 0.25) is 0 Å².